The van der Waals surface area contributed by atoms with E-state index >= 15 is 0 Å². The van der Waals surface area contributed by atoms with E-state index in [4.69, 9.17) is 4.74 Å². The third-order valence-corrected chi connectivity index (χ3v) is 4.90. The van der Waals surface area contributed by atoms with Crippen LogP contribution in [0.25, 0.3) is 10.9 Å². The molecule has 1 aliphatic rings. The molecule has 22 heavy (non-hydrogen) atoms. The zero-order chi connectivity index (χ0) is 15.7. The van der Waals surface area contributed by atoms with Gasteiger partial charge < -0.3 is 14.6 Å². The molecule has 0 atom stereocenters. The van der Waals surface area contributed by atoms with Gasteiger partial charge in [-0.1, -0.05) is 25.0 Å². The molecular weight excluding hydrogens is 276 g/mol. The first kappa shape index (κ1) is 15.1. The Morgan fingerprint density at radius 3 is 2.73 bits per heavy atom. The van der Waals surface area contributed by atoms with Crippen LogP contribution in [-0.4, -0.2) is 29.7 Å². The van der Waals surface area contributed by atoms with Crippen molar-refractivity contribution in [1.29, 1.82) is 0 Å². The standard InChI is InChI=1S/C18H24N2O2/c1-13-7-6-8-15-14(13)11-16(20(15)2)17(21)19-18(12-22-3)9-4-5-10-18/h6-8,11H,4-5,9-10,12H2,1-3H3,(H,19,21). The van der Waals surface area contributed by atoms with Crippen molar-refractivity contribution in [2.45, 2.75) is 38.1 Å². The van der Waals surface area contributed by atoms with Crippen LogP contribution in [0.3, 0.4) is 0 Å². The Hall–Kier alpha value is -1.81. The molecule has 118 valence electrons. The van der Waals surface area contributed by atoms with Crippen LogP contribution in [0.4, 0.5) is 0 Å². The number of amides is 1. The number of carbonyl (C=O) groups excluding carboxylic acids is 1. The Morgan fingerprint density at radius 2 is 2.09 bits per heavy atom. The highest BCUT2D eigenvalue weighted by Gasteiger charge is 2.36. The number of fused-ring (bicyclic) bond motifs is 1. The molecule has 1 heterocycles. The van der Waals surface area contributed by atoms with Crippen molar-refractivity contribution < 1.29 is 9.53 Å². The third kappa shape index (κ3) is 2.52. The molecule has 0 aliphatic heterocycles. The number of hydrogen-bond acceptors (Lipinski definition) is 2. The number of ether oxygens (including phenoxy) is 1. The van der Waals surface area contributed by atoms with Crippen molar-refractivity contribution in [3.63, 3.8) is 0 Å². The maximum Gasteiger partial charge on any atom is 0.268 e. The Balaban J connectivity index is 1.92. The summed E-state index contributed by atoms with van der Waals surface area (Å²) in [5, 5.41) is 4.39. The summed E-state index contributed by atoms with van der Waals surface area (Å²) in [6, 6.07) is 8.16. The summed E-state index contributed by atoms with van der Waals surface area (Å²) < 4.78 is 7.33. The van der Waals surface area contributed by atoms with Gasteiger partial charge in [-0.3, -0.25) is 4.79 Å². The van der Waals surface area contributed by atoms with Crippen molar-refractivity contribution in [2.75, 3.05) is 13.7 Å². The molecule has 1 aromatic heterocycles. The number of carbonyl (C=O) groups is 1. The summed E-state index contributed by atoms with van der Waals surface area (Å²) in [4.78, 5) is 12.8. The van der Waals surface area contributed by atoms with Crippen LogP contribution in [0.15, 0.2) is 24.3 Å². The van der Waals surface area contributed by atoms with Crippen LogP contribution in [0.2, 0.25) is 0 Å². The minimum atomic E-state index is -0.197. The van der Waals surface area contributed by atoms with Gasteiger partial charge in [0.1, 0.15) is 5.69 Å². The highest BCUT2D eigenvalue weighted by molar-refractivity contribution is 5.99. The van der Waals surface area contributed by atoms with E-state index < -0.39 is 0 Å². The van der Waals surface area contributed by atoms with E-state index in [1.807, 2.05) is 23.7 Å². The van der Waals surface area contributed by atoms with Gasteiger partial charge in [-0.25, -0.2) is 0 Å². The number of nitrogens with zero attached hydrogens (tertiary/aromatic N) is 1. The third-order valence-electron chi connectivity index (χ3n) is 4.90. The minimum Gasteiger partial charge on any atom is -0.382 e. The Kier molecular flexibility index (Phi) is 3.96. The van der Waals surface area contributed by atoms with E-state index in [1.54, 1.807) is 7.11 Å². The maximum absolute atomic E-state index is 12.8. The summed E-state index contributed by atoms with van der Waals surface area (Å²) in [5.41, 5.74) is 2.81. The summed E-state index contributed by atoms with van der Waals surface area (Å²) >= 11 is 0. The molecule has 0 radical (unpaired) electrons. The van der Waals surface area contributed by atoms with Gasteiger partial charge in [-0.05, 0) is 37.5 Å². The molecule has 4 heteroatoms. The highest BCUT2D eigenvalue weighted by atomic mass is 16.5. The Bertz CT molecular complexity index is 696. The maximum atomic E-state index is 12.8. The molecule has 0 saturated heterocycles. The van der Waals surface area contributed by atoms with E-state index in [0.29, 0.717) is 12.3 Å². The van der Waals surface area contributed by atoms with Gasteiger partial charge in [-0.15, -0.1) is 0 Å². The molecule has 1 saturated carbocycles. The molecule has 4 nitrogen and oxygen atoms in total. The second kappa shape index (κ2) is 5.76. The second-order valence-electron chi connectivity index (χ2n) is 6.47. The summed E-state index contributed by atoms with van der Waals surface area (Å²) in [7, 11) is 3.65. The van der Waals surface area contributed by atoms with Gasteiger partial charge in [0.2, 0.25) is 0 Å². The van der Waals surface area contributed by atoms with Crippen LogP contribution in [0.5, 0.6) is 0 Å². The fraction of sp³-hybridized carbons (Fsp3) is 0.500. The van der Waals surface area contributed by atoms with Crippen molar-refractivity contribution >= 4 is 16.8 Å². The predicted molar refractivity (Wildman–Crippen MR) is 88.2 cm³/mol. The molecular formula is C18H24N2O2. The zero-order valence-corrected chi connectivity index (χ0v) is 13.6. The number of benzene rings is 1. The lowest BCUT2D eigenvalue weighted by atomic mass is 9.98. The monoisotopic (exact) mass is 300 g/mol. The number of aromatic nitrogens is 1. The van der Waals surface area contributed by atoms with Gasteiger partial charge in [-0.2, -0.15) is 0 Å². The predicted octanol–water partition coefficient (Wildman–Crippen LogP) is 3.18. The van der Waals surface area contributed by atoms with Crippen LogP contribution < -0.4 is 5.32 Å². The average Bonchev–Trinajstić information content (AvgIpc) is 3.06. The van der Waals surface area contributed by atoms with Gasteiger partial charge >= 0.3 is 0 Å². The lowest BCUT2D eigenvalue weighted by molar-refractivity contribution is 0.0760. The minimum absolute atomic E-state index is 0.00273. The average molecular weight is 300 g/mol. The lowest BCUT2D eigenvalue weighted by Gasteiger charge is -2.29. The fourth-order valence-corrected chi connectivity index (χ4v) is 3.66. The van der Waals surface area contributed by atoms with Crippen molar-refractivity contribution in [1.82, 2.24) is 9.88 Å². The van der Waals surface area contributed by atoms with E-state index in [9.17, 15) is 4.79 Å². The van der Waals surface area contributed by atoms with Gasteiger partial charge in [0.05, 0.1) is 12.1 Å². The molecule has 0 bridgehead atoms. The van der Waals surface area contributed by atoms with Gasteiger partial charge in [0.25, 0.3) is 5.91 Å². The number of hydrogen-bond donors (Lipinski definition) is 1. The molecule has 1 aliphatic carbocycles. The number of aryl methyl sites for hydroxylation is 2. The van der Waals surface area contributed by atoms with E-state index in [2.05, 4.69) is 24.4 Å². The van der Waals surface area contributed by atoms with E-state index in [-0.39, 0.29) is 11.4 Å². The molecule has 2 aromatic rings. The van der Waals surface area contributed by atoms with Crippen molar-refractivity contribution in [2.24, 2.45) is 7.05 Å². The molecule has 0 spiro atoms. The largest absolute Gasteiger partial charge is 0.382 e. The molecule has 0 unspecified atom stereocenters. The topological polar surface area (TPSA) is 43.3 Å². The van der Waals surface area contributed by atoms with E-state index in [0.717, 1.165) is 36.6 Å². The Labute approximate surface area is 131 Å². The quantitative estimate of drug-likeness (QED) is 0.942. The summed E-state index contributed by atoms with van der Waals surface area (Å²) in [6.45, 7) is 2.66. The Morgan fingerprint density at radius 1 is 1.36 bits per heavy atom. The van der Waals surface area contributed by atoms with Crippen LogP contribution >= 0.6 is 0 Å². The lowest BCUT2D eigenvalue weighted by Crippen LogP contribution is -2.50. The first-order chi connectivity index (χ1) is 10.6. The number of methoxy groups -OCH3 is 1. The van der Waals surface area contributed by atoms with Gasteiger partial charge in [0, 0.05) is 25.1 Å². The normalized spacial score (nSPS) is 17.0. The van der Waals surface area contributed by atoms with Crippen molar-refractivity contribution in [3.05, 3.63) is 35.5 Å². The second-order valence-corrected chi connectivity index (χ2v) is 6.47. The first-order valence-corrected chi connectivity index (χ1v) is 7.93. The summed E-state index contributed by atoms with van der Waals surface area (Å²) in [6.07, 6.45) is 4.29. The molecule has 3 rings (SSSR count). The summed E-state index contributed by atoms with van der Waals surface area (Å²) in [5.74, 6) is -0.00273. The van der Waals surface area contributed by atoms with Crippen LogP contribution in [0.1, 0.15) is 41.7 Å². The highest BCUT2D eigenvalue weighted by Crippen LogP contribution is 2.31. The smallest absolute Gasteiger partial charge is 0.268 e. The SMILES string of the molecule is COCC1(NC(=O)c2cc3c(C)cccc3n2C)CCCC1. The van der Waals surface area contributed by atoms with Crippen LogP contribution in [-0.2, 0) is 11.8 Å². The first-order valence-electron chi connectivity index (χ1n) is 7.93. The fourth-order valence-electron chi connectivity index (χ4n) is 3.66. The van der Waals surface area contributed by atoms with Crippen molar-refractivity contribution in [3.8, 4) is 0 Å². The molecule has 1 N–H and O–H groups in total. The zero-order valence-electron chi connectivity index (χ0n) is 13.6. The molecule has 1 aromatic carbocycles. The molecule has 1 fully saturated rings. The van der Waals surface area contributed by atoms with Gasteiger partial charge in [0.15, 0.2) is 0 Å². The number of nitrogens with one attached hydrogen (secondary N) is 1. The molecule has 1 amide bonds. The number of rotatable bonds is 4. The van der Waals surface area contributed by atoms with E-state index in [1.165, 1.54) is 5.56 Å². The van der Waals surface area contributed by atoms with Crippen LogP contribution in [0, 0.1) is 6.92 Å².